The quantitative estimate of drug-likeness (QED) is 0.785. The topological polar surface area (TPSA) is 75.7 Å². The molecule has 1 fully saturated rings. The fourth-order valence-electron chi connectivity index (χ4n) is 3.65. The van der Waals surface area contributed by atoms with Crippen LogP contribution in [0.1, 0.15) is 30.9 Å². The van der Waals surface area contributed by atoms with Gasteiger partial charge in [0.1, 0.15) is 5.75 Å². The molecule has 0 unspecified atom stereocenters. The molecule has 6 nitrogen and oxygen atoms in total. The summed E-state index contributed by atoms with van der Waals surface area (Å²) in [6, 6.07) is 14.4. The van der Waals surface area contributed by atoms with E-state index in [2.05, 4.69) is 5.32 Å². The summed E-state index contributed by atoms with van der Waals surface area (Å²) in [7, 11) is -2.02. The monoisotopic (exact) mass is 416 g/mol. The number of benzene rings is 2. The van der Waals surface area contributed by atoms with Crippen LogP contribution in [-0.4, -0.2) is 38.8 Å². The van der Waals surface area contributed by atoms with Gasteiger partial charge in [-0.1, -0.05) is 24.3 Å². The molecule has 0 radical (unpaired) electrons. The number of hydrogen-bond donors (Lipinski definition) is 1. The third-order valence-corrected chi connectivity index (χ3v) is 7.29. The van der Waals surface area contributed by atoms with Gasteiger partial charge in [-0.2, -0.15) is 4.31 Å². The first-order valence-corrected chi connectivity index (χ1v) is 11.2. The van der Waals surface area contributed by atoms with Gasteiger partial charge in [0, 0.05) is 19.6 Å². The predicted molar refractivity (Wildman–Crippen MR) is 112 cm³/mol. The molecule has 1 N–H and O–H groups in total. The standard InChI is InChI=1S/C22H28N2O4S/c1-17-6-4-7-20(14-17)29(26,27)24-13-5-12-22(2,16-24)21(25)23-15-18-8-10-19(28-3)11-9-18/h4,6-11,14H,5,12-13,15-16H2,1-3H3,(H,23,25)/t22-/m1/s1. The Morgan fingerprint density at radius 1 is 1.21 bits per heavy atom. The van der Waals surface area contributed by atoms with E-state index < -0.39 is 15.4 Å². The first kappa shape index (κ1) is 21.3. The third-order valence-electron chi connectivity index (χ3n) is 5.45. The van der Waals surface area contributed by atoms with Crippen molar-refractivity contribution in [2.75, 3.05) is 20.2 Å². The number of carbonyl (C=O) groups is 1. The lowest BCUT2D eigenvalue weighted by atomic mass is 9.82. The molecular formula is C22H28N2O4S. The van der Waals surface area contributed by atoms with Crippen molar-refractivity contribution in [3.05, 3.63) is 59.7 Å². The highest BCUT2D eigenvalue weighted by Gasteiger charge is 2.41. The Labute approximate surface area is 172 Å². The highest BCUT2D eigenvalue weighted by atomic mass is 32.2. The average Bonchev–Trinajstić information content (AvgIpc) is 2.72. The zero-order valence-corrected chi connectivity index (χ0v) is 18.0. The number of hydrogen-bond acceptors (Lipinski definition) is 4. The second-order valence-electron chi connectivity index (χ2n) is 7.85. The largest absolute Gasteiger partial charge is 0.497 e. The maximum atomic E-state index is 13.1. The maximum Gasteiger partial charge on any atom is 0.243 e. The Bertz CT molecular complexity index is 973. The maximum absolute atomic E-state index is 13.1. The fourth-order valence-corrected chi connectivity index (χ4v) is 5.36. The summed E-state index contributed by atoms with van der Waals surface area (Å²) >= 11 is 0. The van der Waals surface area contributed by atoms with E-state index in [4.69, 9.17) is 4.74 Å². The van der Waals surface area contributed by atoms with E-state index >= 15 is 0 Å². The molecule has 0 aromatic heterocycles. The fraction of sp³-hybridized carbons (Fsp3) is 0.409. The zero-order valence-electron chi connectivity index (χ0n) is 17.1. The van der Waals surface area contributed by atoms with Gasteiger partial charge in [0.2, 0.25) is 15.9 Å². The van der Waals surface area contributed by atoms with Crippen LogP contribution in [0.2, 0.25) is 0 Å². The molecule has 2 aromatic carbocycles. The summed E-state index contributed by atoms with van der Waals surface area (Å²) in [6.45, 7) is 4.71. The molecule has 3 rings (SSSR count). The Balaban J connectivity index is 1.69. The molecule has 1 amide bonds. The van der Waals surface area contributed by atoms with Crippen LogP contribution in [0.4, 0.5) is 0 Å². The van der Waals surface area contributed by atoms with Crippen LogP contribution in [0.3, 0.4) is 0 Å². The molecule has 1 aliphatic rings. The van der Waals surface area contributed by atoms with Crippen molar-refractivity contribution >= 4 is 15.9 Å². The van der Waals surface area contributed by atoms with Gasteiger partial charge >= 0.3 is 0 Å². The van der Waals surface area contributed by atoms with Crippen molar-refractivity contribution in [1.29, 1.82) is 0 Å². The van der Waals surface area contributed by atoms with Gasteiger partial charge in [0.15, 0.2) is 0 Å². The van der Waals surface area contributed by atoms with E-state index in [1.54, 1.807) is 25.3 Å². The second kappa shape index (κ2) is 8.55. The molecule has 0 saturated carbocycles. The lowest BCUT2D eigenvalue weighted by Gasteiger charge is -2.38. The number of methoxy groups -OCH3 is 1. The lowest BCUT2D eigenvalue weighted by Crippen LogP contribution is -2.51. The number of nitrogens with one attached hydrogen (secondary N) is 1. The van der Waals surface area contributed by atoms with E-state index in [9.17, 15) is 13.2 Å². The normalized spacial score (nSPS) is 20.2. The molecule has 156 valence electrons. The summed E-state index contributed by atoms with van der Waals surface area (Å²) in [4.78, 5) is 13.2. The van der Waals surface area contributed by atoms with Gasteiger partial charge in [-0.15, -0.1) is 0 Å². The van der Waals surface area contributed by atoms with Crippen LogP contribution >= 0.6 is 0 Å². The van der Waals surface area contributed by atoms with Crippen LogP contribution < -0.4 is 10.1 Å². The molecule has 1 aliphatic heterocycles. The summed E-state index contributed by atoms with van der Waals surface area (Å²) in [5.74, 6) is 0.633. The van der Waals surface area contributed by atoms with Crippen LogP contribution in [0.15, 0.2) is 53.4 Å². The molecule has 1 atom stereocenters. The molecule has 0 spiro atoms. The van der Waals surface area contributed by atoms with Gasteiger partial charge in [0.25, 0.3) is 0 Å². The number of sulfonamides is 1. The van der Waals surface area contributed by atoms with E-state index in [1.807, 2.05) is 44.2 Å². The number of aryl methyl sites for hydroxylation is 1. The molecular weight excluding hydrogens is 388 g/mol. The summed E-state index contributed by atoms with van der Waals surface area (Å²) in [6.07, 6.45) is 1.30. The third kappa shape index (κ3) is 4.79. The van der Waals surface area contributed by atoms with Crippen LogP contribution in [0, 0.1) is 12.3 Å². The number of nitrogens with zero attached hydrogens (tertiary/aromatic N) is 1. The number of rotatable bonds is 6. The van der Waals surface area contributed by atoms with Gasteiger partial charge < -0.3 is 10.1 Å². The van der Waals surface area contributed by atoms with E-state index in [0.29, 0.717) is 25.9 Å². The number of carbonyl (C=O) groups excluding carboxylic acids is 1. The van der Waals surface area contributed by atoms with Gasteiger partial charge in [-0.05, 0) is 62.1 Å². The lowest BCUT2D eigenvalue weighted by molar-refractivity contribution is -0.132. The number of piperidine rings is 1. The molecule has 1 saturated heterocycles. The SMILES string of the molecule is COc1ccc(CNC(=O)[C@]2(C)CCCN(S(=O)(=O)c3cccc(C)c3)C2)cc1. The predicted octanol–water partition coefficient (Wildman–Crippen LogP) is 3.11. The second-order valence-corrected chi connectivity index (χ2v) is 9.79. The average molecular weight is 417 g/mol. The van der Waals surface area contributed by atoms with Gasteiger partial charge in [-0.25, -0.2) is 8.42 Å². The molecule has 0 aliphatic carbocycles. The summed E-state index contributed by atoms with van der Waals surface area (Å²) in [5, 5.41) is 2.97. The molecule has 0 bridgehead atoms. The summed E-state index contributed by atoms with van der Waals surface area (Å²) < 4.78 is 32.7. The Hall–Kier alpha value is -2.38. The van der Waals surface area contributed by atoms with Crippen molar-refractivity contribution in [2.24, 2.45) is 5.41 Å². The highest BCUT2D eigenvalue weighted by molar-refractivity contribution is 7.89. The summed E-state index contributed by atoms with van der Waals surface area (Å²) in [5.41, 5.74) is 1.09. The minimum absolute atomic E-state index is 0.127. The van der Waals surface area contributed by atoms with Gasteiger partial charge in [-0.3, -0.25) is 4.79 Å². The first-order chi connectivity index (χ1) is 13.7. The van der Waals surface area contributed by atoms with Crippen molar-refractivity contribution < 1.29 is 17.9 Å². The van der Waals surface area contributed by atoms with Crippen LogP contribution in [0.25, 0.3) is 0 Å². The number of amides is 1. The van der Waals surface area contributed by atoms with Crippen molar-refractivity contribution in [2.45, 2.75) is 38.1 Å². The Morgan fingerprint density at radius 3 is 2.59 bits per heavy atom. The first-order valence-electron chi connectivity index (χ1n) is 9.73. The molecule has 7 heteroatoms. The Kier molecular flexibility index (Phi) is 6.29. The molecule has 1 heterocycles. The van der Waals surface area contributed by atoms with Crippen molar-refractivity contribution in [1.82, 2.24) is 9.62 Å². The minimum Gasteiger partial charge on any atom is -0.497 e. The van der Waals surface area contributed by atoms with E-state index in [0.717, 1.165) is 16.9 Å². The van der Waals surface area contributed by atoms with E-state index in [1.165, 1.54) is 4.31 Å². The van der Waals surface area contributed by atoms with Crippen molar-refractivity contribution in [3.8, 4) is 5.75 Å². The van der Waals surface area contributed by atoms with Crippen LogP contribution in [-0.2, 0) is 21.4 Å². The van der Waals surface area contributed by atoms with E-state index in [-0.39, 0.29) is 17.3 Å². The molecule has 29 heavy (non-hydrogen) atoms. The highest BCUT2D eigenvalue weighted by Crippen LogP contribution is 2.33. The number of ether oxygens (including phenoxy) is 1. The minimum atomic E-state index is -3.62. The van der Waals surface area contributed by atoms with Crippen LogP contribution in [0.5, 0.6) is 5.75 Å². The zero-order chi connectivity index (χ0) is 21.1. The van der Waals surface area contributed by atoms with Crippen molar-refractivity contribution in [3.63, 3.8) is 0 Å². The Morgan fingerprint density at radius 2 is 1.93 bits per heavy atom. The van der Waals surface area contributed by atoms with Gasteiger partial charge in [0.05, 0.1) is 17.4 Å². The smallest absolute Gasteiger partial charge is 0.243 e. The molecule has 2 aromatic rings.